The second-order valence-corrected chi connectivity index (χ2v) is 2.81. The molecule has 0 aromatic carbocycles. The molecule has 13 heavy (non-hydrogen) atoms. The smallest absolute Gasteiger partial charge is 0.0166 e. The molecule has 0 aliphatic heterocycles. The highest BCUT2D eigenvalue weighted by Crippen LogP contribution is 1.95. The SMILES string of the molecule is [C]1=CC=CCC=CCC=CCC=C1. The van der Waals surface area contributed by atoms with Crippen LogP contribution in [0.5, 0.6) is 0 Å². The minimum atomic E-state index is 0.998. The average Bonchev–Trinajstić information content (AvgIpc) is 2.18. The van der Waals surface area contributed by atoms with E-state index in [2.05, 4.69) is 42.5 Å². The van der Waals surface area contributed by atoms with Crippen LogP contribution in [-0.4, -0.2) is 0 Å². The summed E-state index contributed by atoms with van der Waals surface area (Å²) in [5.41, 5.74) is 0. The van der Waals surface area contributed by atoms with Crippen molar-refractivity contribution in [3.63, 3.8) is 0 Å². The van der Waals surface area contributed by atoms with Crippen molar-refractivity contribution >= 4 is 0 Å². The number of hydrogen-bond donors (Lipinski definition) is 0. The zero-order valence-corrected chi connectivity index (χ0v) is 7.82. The van der Waals surface area contributed by atoms with Gasteiger partial charge in [0.2, 0.25) is 0 Å². The molecule has 0 saturated carbocycles. The Balaban J connectivity index is 2.49. The van der Waals surface area contributed by atoms with Crippen LogP contribution in [0.3, 0.4) is 0 Å². The molecule has 0 heteroatoms. The molecule has 1 radical (unpaired) electrons. The lowest BCUT2D eigenvalue weighted by Crippen LogP contribution is -1.61. The monoisotopic (exact) mass is 171 g/mol. The first-order valence-corrected chi connectivity index (χ1v) is 4.69. The molecule has 0 heterocycles. The lowest BCUT2D eigenvalue weighted by Gasteiger charge is -1.82. The normalized spacial score (nSPS) is 17.8. The summed E-state index contributed by atoms with van der Waals surface area (Å²) in [5, 5.41) is 0. The Kier molecular flexibility index (Phi) is 5.54. The molecule has 0 atom stereocenters. The predicted molar refractivity (Wildman–Crippen MR) is 58.2 cm³/mol. The molecule has 0 saturated heterocycles. The maximum absolute atomic E-state index is 3.07. The van der Waals surface area contributed by atoms with E-state index < -0.39 is 0 Å². The van der Waals surface area contributed by atoms with E-state index in [1.165, 1.54) is 0 Å². The van der Waals surface area contributed by atoms with E-state index in [0.29, 0.717) is 0 Å². The third kappa shape index (κ3) is 5.92. The van der Waals surface area contributed by atoms with Gasteiger partial charge in [-0.1, -0.05) is 54.7 Å². The molecule has 1 rings (SSSR count). The summed E-state index contributed by atoms with van der Waals surface area (Å²) in [6.45, 7) is 0. The van der Waals surface area contributed by atoms with Crippen LogP contribution >= 0.6 is 0 Å². The molecular weight excluding hydrogens is 156 g/mol. The van der Waals surface area contributed by atoms with Gasteiger partial charge in [-0.05, 0) is 25.3 Å². The van der Waals surface area contributed by atoms with Crippen LogP contribution in [0.25, 0.3) is 0 Å². The van der Waals surface area contributed by atoms with Crippen molar-refractivity contribution in [3.05, 3.63) is 60.8 Å². The van der Waals surface area contributed by atoms with E-state index in [1.807, 2.05) is 18.2 Å². The van der Waals surface area contributed by atoms with E-state index in [0.717, 1.165) is 19.3 Å². The van der Waals surface area contributed by atoms with Crippen molar-refractivity contribution in [3.8, 4) is 0 Å². The highest BCUT2D eigenvalue weighted by molar-refractivity contribution is 5.09. The van der Waals surface area contributed by atoms with Gasteiger partial charge in [0.1, 0.15) is 0 Å². The van der Waals surface area contributed by atoms with Gasteiger partial charge in [0, 0.05) is 0 Å². The summed E-state index contributed by atoms with van der Waals surface area (Å²) >= 11 is 0. The van der Waals surface area contributed by atoms with Crippen molar-refractivity contribution in [2.24, 2.45) is 0 Å². The molecule has 0 aromatic heterocycles. The first-order chi connectivity index (χ1) is 6.50. The Morgan fingerprint density at radius 1 is 0.692 bits per heavy atom. The van der Waals surface area contributed by atoms with Gasteiger partial charge >= 0.3 is 0 Å². The third-order valence-corrected chi connectivity index (χ3v) is 1.69. The highest BCUT2D eigenvalue weighted by atomic mass is 13.8. The first kappa shape index (κ1) is 9.79. The zero-order valence-electron chi connectivity index (χ0n) is 7.82. The van der Waals surface area contributed by atoms with Gasteiger partial charge in [-0.3, -0.25) is 0 Å². The summed E-state index contributed by atoms with van der Waals surface area (Å²) in [5.74, 6) is 0. The first-order valence-electron chi connectivity index (χ1n) is 4.69. The predicted octanol–water partition coefficient (Wildman–Crippen LogP) is 3.75. The molecule has 0 spiro atoms. The van der Waals surface area contributed by atoms with Crippen LogP contribution in [0.15, 0.2) is 54.7 Å². The molecule has 0 bridgehead atoms. The lowest BCUT2D eigenvalue weighted by molar-refractivity contribution is 1.28. The molecule has 0 amide bonds. The van der Waals surface area contributed by atoms with Crippen molar-refractivity contribution in [1.29, 1.82) is 0 Å². The number of hydrogen-bond acceptors (Lipinski definition) is 0. The highest BCUT2D eigenvalue weighted by Gasteiger charge is 1.74. The van der Waals surface area contributed by atoms with Gasteiger partial charge in [0.05, 0.1) is 0 Å². The molecule has 0 nitrogen and oxygen atoms in total. The largest absolute Gasteiger partial charge is 0.0844 e. The summed E-state index contributed by atoms with van der Waals surface area (Å²) in [6, 6.07) is 0. The molecule has 1 aliphatic carbocycles. The topological polar surface area (TPSA) is 0 Å². The summed E-state index contributed by atoms with van der Waals surface area (Å²) < 4.78 is 0. The van der Waals surface area contributed by atoms with E-state index in [9.17, 15) is 0 Å². The number of allylic oxidation sites excluding steroid dienone is 10. The van der Waals surface area contributed by atoms with Gasteiger partial charge in [-0.2, -0.15) is 0 Å². The Morgan fingerprint density at radius 2 is 1.31 bits per heavy atom. The van der Waals surface area contributed by atoms with Crippen molar-refractivity contribution in [2.75, 3.05) is 0 Å². The van der Waals surface area contributed by atoms with Gasteiger partial charge in [0.15, 0.2) is 0 Å². The number of rotatable bonds is 0. The van der Waals surface area contributed by atoms with E-state index in [1.54, 1.807) is 0 Å². The second kappa shape index (κ2) is 7.35. The fraction of sp³-hybridized carbons (Fsp3) is 0.231. The molecular formula is C13H15. The Bertz CT molecular complexity index is 223. The summed E-state index contributed by atoms with van der Waals surface area (Å²) in [7, 11) is 0. The zero-order chi connectivity index (χ0) is 9.19. The van der Waals surface area contributed by atoms with Crippen LogP contribution in [0.1, 0.15) is 19.3 Å². The average molecular weight is 171 g/mol. The van der Waals surface area contributed by atoms with Crippen molar-refractivity contribution in [2.45, 2.75) is 19.3 Å². The van der Waals surface area contributed by atoms with Crippen molar-refractivity contribution in [1.82, 2.24) is 0 Å². The Hall–Kier alpha value is -1.30. The maximum atomic E-state index is 3.07. The summed E-state index contributed by atoms with van der Waals surface area (Å²) in [4.78, 5) is 0. The third-order valence-electron chi connectivity index (χ3n) is 1.69. The van der Waals surface area contributed by atoms with Gasteiger partial charge in [-0.15, -0.1) is 0 Å². The minimum Gasteiger partial charge on any atom is -0.0844 e. The van der Waals surface area contributed by atoms with Crippen LogP contribution in [0, 0.1) is 6.08 Å². The van der Waals surface area contributed by atoms with Crippen LogP contribution in [0.2, 0.25) is 0 Å². The molecule has 0 unspecified atom stereocenters. The van der Waals surface area contributed by atoms with Gasteiger partial charge in [-0.25, -0.2) is 0 Å². The summed E-state index contributed by atoms with van der Waals surface area (Å²) in [6.07, 6.45) is 25.0. The fourth-order valence-electron chi connectivity index (χ4n) is 1.01. The molecule has 0 aromatic rings. The standard InChI is InChI=1S/C13H15/c1-2-4-6-8-10-12-13-11-9-7-5-3-1/h1-3,6-9,12-13H,4,10-11H2. The minimum absolute atomic E-state index is 0.998. The van der Waals surface area contributed by atoms with Crippen LogP contribution < -0.4 is 0 Å². The van der Waals surface area contributed by atoms with E-state index >= 15 is 0 Å². The van der Waals surface area contributed by atoms with Gasteiger partial charge in [0.25, 0.3) is 0 Å². The van der Waals surface area contributed by atoms with E-state index in [-0.39, 0.29) is 0 Å². The lowest BCUT2D eigenvalue weighted by atomic mass is 10.3. The van der Waals surface area contributed by atoms with Crippen LogP contribution in [0.4, 0.5) is 0 Å². The van der Waals surface area contributed by atoms with Gasteiger partial charge < -0.3 is 0 Å². The molecule has 0 N–H and O–H groups in total. The van der Waals surface area contributed by atoms with Crippen LogP contribution in [-0.2, 0) is 0 Å². The van der Waals surface area contributed by atoms with E-state index in [4.69, 9.17) is 0 Å². The Morgan fingerprint density at radius 3 is 2.08 bits per heavy atom. The molecule has 67 valence electrons. The Labute approximate surface area is 80.7 Å². The van der Waals surface area contributed by atoms with Crippen molar-refractivity contribution < 1.29 is 0 Å². The fourth-order valence-corrected chi connectivity index (χ4v) is 1.01. The maximum Gasteiger partial charge on any atom is -0.0166 e. The quantitative estimate of drug-likeness (QED) is 0.487. The molecule has 1 aliphatic rings. The molecule has 0 fully saturated rings. The second-order valence-electron chi connectivity index (χ2n) is 2.81.